The van der Waals surface area contributed by atoms with Crippen molar-refractivity contribution in [1.82, 2.24) is 0 Å². The summed E-state index contributed by atoms with van der Waals surface area (Å²) < 4.78 is 16.5. The first kappa shape index (κ1) is 13.7. The molecule has 2 fully saturated rings. The van der Waals surface area contributed by atoms with E-state index in [0.717, 1.165) is 51.6 Å². The summed E-state index contributed by atoms with van der Waals surface area (Å²) in [6.45, 7) is 1.61. The van der Waals surface area contributed by atoms with Gasteiger partial charge in [-0.1, -0.05) is 6.08 Å². The molecule has 2 saturated heterocycles. The maximum Gasteiger partial charge on any atom is 0.157 e. The van der Waals surface area contributed by atoms with Crippen molar-refractivity contribution < 1.29 is 19.0 Å². The predicted molar refractivity (Wildman–Crippen MR) is 67.3 cm³/mol. The molecule has 3 atom stereocenters. The van der Waals surface area contributed by atoms with E-state index in [9.17, 15) is 4.79 Å². The number of unbranched alkanes of at least 4 members (excludes halogenated alkanes) is 1. The van der Waals surface area contributed by atoms with Crippen molar-refractivity contribution in [3.8, 4) is 0 Å². The molecule has 4 nitrogen and oxygen atoms in total. The van der Waals surface area contributed by atoms with E-state index in [1.54, 1.807) is 0 Å². The summed E-state index contributed by atoms with van der Waals surface area (Å²) in [6, 6.07) is 0. The van der Waals surface area contributed by atoms with E-state index in [2.05, 4.69) is 0 Å². The summed E-state index contributed by atoms with van der Waals surface area (Å²) >= 11 is 0. The van der Waals surface area contributed by atoms with Crippen molar-refractivity contribution in [3.05, 3.63) is 12.2 Å². The van der Waals surface area contributed by atoms with E-state index in [1.165, 1.54) is 12.5 Å². The van der Waals surface area contributed by atoms with Gasteiger partial charge in [0, 0.05) is 13.2 Å². The highest BCUT2D eigenvalue weighted by molar-refractivity contribution is 5.64. The van der Waals surface area contributed by atoms with Crippen LogP contribution in [0.2, 0.25) is 0 Å². The molecule has 0 bridgehead atoms. The number of hydrogen-bond donors (Lipinski definition) is 0. The van der Waals surface area contributed by atoms with Gasteiger partial charge in [0.2, 0.25) is 0 Å². The Bertz CT molecular complexity index is 271. The van der Waals surface area contributed by atoms with Gasteiger partial charge in [-0.3, -0.25) is 4.79 Å². The predicted octanol–water partition coefficient (Wildman–Crippen LogP) is 2.22. The van der Waals surface area contributed by atoms with Gasteiger partial charge in [0.25, 0.3) is 0 Å². The Morgan fingerprint density at radius 1 is 1.28 bits per heavy atom. The zero-order valence-corrected chi connectivity index (χ0v) is 10.8. The topological polar surface area (TPSA) is 48.1 Å². The maximum atomic E-state index is 10.1. The molecule has 0 spiro atoms. The summed E-state index contributed by atoms with van der Waals surface area (Å²) in [5, 5.41) is 0. The van der Waals surface area contributed by atoms with Gasteiger partial charge in [-0.25, -0.2) is 0 Å². The monoisotopic (exact) mass is 254 g/mol. The Morgan fingerprint density at radius 3 is 3.00 bits per heavy atom. The van der Waals surface area contributed by atoms with Crippen molar-refractivity contribution in [3.63, 3.8) is 0 Å². The highest BCUT2D eigenvalue weighted by Gasteiger charge is 2.35. The third-order valence-corrected chi connectivity index (χ3v) is 3.33. The number of allylic oxidation sites excluding steroid dienone is 1. The Kier molecular flexibility index (Phi) is 5.84. The normalized spacial score (nSPS) is 31.7. The number of carbonyl (C=O) groups excluding carboxylic acids is 1. The number of epoxide rings is 1. The summed E-state index contributed by atoms with van der Waals surface area (Å²) in [4.78, 5) is 10.1. The molecule has 2 aliphatic heterocycles. The van der Waals surface area contributed by atoms with E-state index in [1.807, 2.05) is 6.08 Å². The van der Waals surface area contributed by atoms with Gasteiger partial charge in [-0.05, 0) is 44.6 Å². The fourth-order valence-electron chi connectivity index (χ4n) is 2.22. The second-order valence-electron chi connectivity index (χ2n) is 4.82. The zero-order valence-electron chi connectivity index (χ0n) is 10.8. The van der Waals surface area contributed by atoms with Gasteiger partial charge in [0.15, 0.2) is 6.29 Å². The molecule has 102 valence electrons. The van der Waals surface area contributed by atoms with Gasteiger partial charge in [0.1, 0.15) is 12.4 Å². The molecule has 2 rings (SSSR count). The van der Waals surface area contributed by atoms with Crippen LogP contribution < -0.4 is 0 Å². The molecule has 2 heterocycles. The van der Waals surface area contributed by atoms with Crippen LogP contribution in [0, 0.1) is 0 Å². The second kappa shape index (κ2) is 7.67. The Labute approximate surface area is 108 Å². The third-order valence-electron chi connectivity index (χ3n) is 3.33. The van der Waals surface area contributed by atoms with Crippen molar-refractivity contribution in [1.29, 1.82) is 0 Å². The molecule has 0 aromatic heterocycles. The molecule has 0 saturated carbocycles. The Hall–Kier alpha value is -0.710. The Balaban J connectivity index is 1.42. The fourth-order valence-corrected chi connectivity index (χ4v) is 2.22. The lowest BCUT2D eigenvalue weighted by atomic mass is 10.1. The standard InChI is InChI=1S/C14H22O4/c15-9-5-7-13-12(18-13)6-1-3-10-16-14-8-2-4-11-17-14/h5,7,9,12-14H,1-4,6,8,10-11H2/b7-5+. The number of hydrogen-bond acceptors (Lipinski definition) is 4. The van der Waals surface area contributed by atoms with Crippen molar-refractivity contribution in [2.45, 2.75) is 57.0 Å². The van der Waals surface area contributed by atoms with Crippen LogP contribution in [0.5, 0.6) is 0 Å². The van der Waals surface area contributed by atoms with Gasteiger partial charge >= 0.3 is 0 Å². The van der Waals surface area contributed by atoms with Crippen molar-refractivity contribution >= 4 is 6.29 Å². The van der Waals surface area contributed by atoms with Crippen LogP contribution in [0.15, 0.2) is 12.2 Å². The van der Waals surface area contributed by atoms with E-state index >= 15 is 0 Å². The van der Waals surface area contributed by atoms with Gasteiger partial charge in [-0.15, -0.1) is 0 Å². The van der Waals surface area contributed by atoms with Crippen molar-refractivity contribution in [2.24, 2.45) is 0 Å². The van der Waals surface area contributed by atoms with Crippen molar-refractivity contribution in [2.75, 3.05) is 13.2 Å². The van der Waals surface area contributed by atoms with Gasteiger partial charge < -0.3 is 14.2 Å². The zero-order chi connectivity index (χ0) is 12.6. The average Bonchev–Trinajstić information content (AvgIpc) is 3.16. The molecule has 0 aliphatic carbocycles. The highest BCUT2D eigenvalue weighted by atomic mass is 16.7. The first-order valence-electron chi connectivity index (χ1n) is 6.91. The largest absolute Gasteiger partial charge is 0.365 e. The minimum absolute atomic E-state index is 0.0270. The van der Waals surface area contributed by atoms with Crippen LogP contribution in [-0.4, -0.2) is 38.0 Å². The van der Waals surface area contributed by atoms with Crippen LogP contribution >= 0.6 is 0 Å². The first-order chi connectivity index (χ1) is 8.90. The lowest BCUT2D eigenvalue weighted by molar-refractivity contribution is -0.162. The number of aldehydes is 1. The van der Waals surface area contributed by atoms with E-state index in [-0.39, 0.29) is 12.4 Å². The minimum Gasteiger partial charge on any atom is -0.365 e. The van der Waals surface area contributed by atoms with Gasteiger partial charge in [0.05, 0.1) is 6.10 Å². The smallest absolute Gasteiger partial charge is 0.157 e. The SMILES string of the molecule is O=C/C=C/C1OC1CCCCOC1CCCCO1. The molecule has 0 radical (unpaired) electrons. The molecule has 18 heavy (non-hydrogen) atoms. The quantitative estimate of drug-likeness (QED) is 0.288. The first-order valence-corrected chi connectivity index (χ1v) is 6.91. The van der Waals surface area contributed by atoms with Crippen LogP contribution in [0.25, 0.3) is 0 Å². The maximum absolute atomic E-state index is 10.1. The fraction of sp³-hybridized carbons (Fsp3) is 0.786. The average molecular weight is 254 g/mol. The summed E-state index contributed by atoms with van der Waals surface area (Å²) in [7, 11) is 0. The van der Waals surface area contributed by atoms with Gasteiger partial charge in [-0.2, -0.15) is 0 Å². The minimum atomic E-state index is 0.0270. The molecule has 0 amide bonds. The molecular weight excluding hydrogens is 232 g/mol. The second-order valence-corrected chi connectivity index (χ2v) is 4.82. The van der Waals surface area contributed by atoms with Crippen LogP contribution in [-0.2, 0) is 19.0 Å². The highest BCUT2D eigenvalue weighted by Crippen LogP contribution is 2.28. The summed E-state index contributed by atoms with van der Waals surface area (Å²) in [5.74, 6) is 0. The van der Waals surface area contributed by atoms with E-state index in [4.69, 9.17) is 14.2 Å². The number of carbonyl (C=O) groups is 1. The van der Waals surface area contributed by atoms with Crippen LogP contribution in [0.3, 0.4) is 0 Å². The molecule has 0 aromatic carbocycles. The van der Waals surface area contributed by atoms with Crippen LogP contribution in [0.4, 0.5) is 0 Å². The molecule has 2 aliphatic rings. The lowest BCUT2D eigenvalue weighted by Crippen LogP contribution is -2.22. The molecular formula is C14H22O4. The number of ether oxygens (including phenoxy) is 3. The Morgan fingerprint density at radius 2 is 2.22 bits per heavy atom. The number of rotatable bonds is 8. The lowest BCUT2D eigenvalue weighted by Gasteiger charge is -2.22. The van der Waals surface area contributed by atoms with Crippen LogP contribution in [0.1, 0.15) is 38.5 Å². The third kappa shape index (κ3) is 4.88. The molecule has 3 unspecified atom stereocenters. The molecule has 0 N–H and O–H groups in total. The summed E-state index contributed by atoms with van der Waals surface area (Å²) in [6.07, 6.45) is 11.2. The molecule has 4 heteroatoms. The summed E-state index contributed by atoms with van der Waals surface area (Å²) in [5.41, 5.74) is 0. The van der Waals surface area contributed by atoms with E-state index < -0.39 is 0 Å². The van der Waals surface area contributed by atoms with E-state index in [0.29, 0.717) is 6.10 Å². The molecule has 0 aromatic rings.